The molecule has 4 heteroatoms. The zero-order valence-electron chi connectivity index (χ0n) is 12.0. The molecule has 0 aliphatic rings. The summed E-state index contributed by atoms with van der Waals surface area (Å²) in [6.07, 6.45) is 2.04. The summed E-state index contributed by atoms with van der Waals surface area (Å²) in [5.41, 5.74) is 0.453. The predicted octanol–water partition coefficient (Wildman–Crippen LogP) is 3.51. The van der Waals surface area contributed by atoms with Gasteiger partial charge in [0.1, 0.15) is 6.10 Å². The van der Waals surface area contributed by atoms with Crippen LogP contribution >= 0.6 is 0 Å². The third-order valence-corrected chi connectivity index (χ3v) is 3.21. The molecule has 0 radical (unpaired) electrons. The average Bonchev–Trinajstić information content (AvgIpc) is 2.45. The summed E-state index contributed by atoms with van der Waals surface area (Å²) in [7, 11) is 0. The third kappa shape index (κ3) is 4.68. The molecule has 20 heavy (non-hydrogen) atoms. The van der Waals surface area contributed by atoms with Gasteiger partial charge >= 0.3 is 11.9 Å². The van der Waals surface area contributed by atoms with Gasteiger partial charge < -0.3 is 9.84 Å². The first kappa shape index (κ1) is 16.2. The van der Waals surface area contributed by atoms with E-state index in [1.807, 2.05) is 19.9 Å². The number of aliphatic carboxylic acids is 1. The molecule has 0 saturated carbocycles. The number of carboxylic acid groups (broad SMARTS) is 1. The van der Waals surface area contributed by atoms with E-state index >= 15 is 0 Å². The normalized spacial score (nSPS) is 13.5. The molecule has 1 N–H and O–H groups in total. The van der Waals surface area contributed by atoms with Crippen LogP contribution < -0.4 is 0 Å². The summed E-state index contributed by atoms with van der Waals surface area (Å²) >= 11 is 0. The fraction of sp³-hybridized carbons (Fsp3) is 0.500. The highest BCUT2D eigenvalue weighted by atomic mass is 16.5. The molecule has 4 nitrogen and oxygen atoms in total. The average molecular weight is 278 g/mol. The number of hydrogen-bond acceptors (Lipinski definition) is 3. The summed E-state index contributed by atoms with van der Waals surface area (Å²) in [5.74, 6) is -1.98. The molecule has 0 amide bonds. The lowest BCUT2D eigenvalue weighted by molar-refractivity contribution is -0.146. The van der Waals surface area contributed by atoms with Gasteiger partial charge in [-0.1, -0.05) is 44.9 Å². The van der Waals surface area contributed by atoms with Crippen molar-refractivity contribution in [1.29, 1.82) is 0 Å². The second kappa shape index (κ2) is 8.35. The van der Waals surface area contributed by atoms with Crippen molar-refractivity contribution < 1.29 is 19.4 Å². The van der Waals surface area contributed by atoms with Crippen molar-refractivity contribution in [3.05, 3.63) is 35.9 Å². The quantitative estimate of drug-likeness (QED) is 0.739. The minimum absolute atomic E-state index is 0.452. The van der Waals surface area contributed by atoms with Gasteiger partial charge in [0.25, 0.3) is 0 Å². The fourth-order valence-corrected chi connectivity index (χ4v) is 2.19. The van der Waals surface area contributed by atoms with Crippen LogP contribution in [0.25, 0.3) is 0 Å². The van der Waals surface area contributed by atoms with Gasteiger partial charge in [0, 0.05) is 0 Å². The van der Waals surface area contributed by atoms with Crippen LogP contribution in [0.15, 0.2) is 30.3 Å². The number of carbonyl (C=O) groups excluding carboxylic acids is 1. The number of esters is 1. The maximum absolute atomic E-state index is 12.0. The summed E-state index contributed by atoms with van der Waals surface area (Å²) in [6, 6.07) is 8.66. The second-order valence-corrected chi connectivity index (χ2v) is 4.83. The summed E-state index contributed by atoms with van der Waals surface area (Å²) < 4.78 is 5.43. The van der Waals surface area contributed by atoms with Crippen molar-refractivity contribution >= 4 is 11.9 Å². The highest BCUT2D eigenvalue weighted by molar-refractivity contribution is 5.89. The van der Waals surface area contributed by atoms with E-state index in [1.165, 1.54) is 0 Å². The first-order valence-corrected chi connectivity index (χ1v) is 7.09. The van der Waals surface area contributed by atoms with Gasteiger partial charge in [0.15, 0.2) is 0 Å². The molecule has 0 spiro atoms. The van der Waals surface area contributed by atoms with E-state index < -0.39 is 24.0 Å². The van der Waals surface area contributed by atoms with Gasteiger partial charge in [0.2, 0.25) is 0 Å². The largest absolute Gasteiger partial charge is 0.481 e. The van der Waals surface area contributed by atoms with Crippen molar-refractivity contribution in [2.75, 3.05) is 0 Å². The van der Waals surface area contributed by atoms with E-state index in [0.29, 0.717) is 18.4 Å². The van der Waals surface area contributed by atoms with Gasteiger partial charge in [-0.3, -0.25) is 4.79 Å². The van der Waals surface area contributed by atoms with Crippen LogP contribution in [-0.4, -0.2) is 23.1 Å². The SMILES string of the molecule is CCCC(OC(=O)c1ccccc1)C(CCC)C(=O)O. The zero-order chi connectivity index (χ0) is 15.0. The maximum Gasteiger partial charge on any atom is 0.338 e. The number of rotatable bonds is 8. The minimum Gasteiger partial charge on any atom is -0.481 e. The topological polar surface area (TPSA) is 63.6 Å². The standard InChI is InChI=1S/C16H22O4/c1-3-8-13(15(17)18)14(9-4-2)20-16(19)12-10-6-5-7-11-12/h5-7,10-11,13-14H,3-4,8-9H2,1-2H3,(H,17,18). The molecule has 0 aliphatic heterocycles. The fourth-order valence-electron chi connectivity index (χ4n) is 2.19. The molecule has 0 aromatic heterocycles. The van der Waals surface area contributed by atoms with Crippen molar-refractivity contribution in [3.63, 3.8) is 0 Å². The predicted molar refractivity (Wildman–Crippen MR) is 76.6 cm³/mol. The lowest BCUT2D eigenvalue weighted by Gasteiger charge is -2.23. The first-order valence-electron chi connectivity index (χ1n) is 7.09. The van der Waals surface area contributed by atoms with Crippen LogP contribution in [-0.2, 0) is 9.53 Å². The Morgan fingerprint density at radius 3 is 2.20 bits per heavy atom. The molecule has 2 atom stereocenters. The molecule has 1 aromatic carbocycles. The van der Waals surface area contributed by atoms with Crippen LogP contribution in [0.3, 0.4) is 0 Å². The van der Waals surface area contributed by atoms with Gasteiger partial charge in [-0.15, -0.1) is 0 Å². The number of carbonyl (C=O) groups is 2. The van der Waals surface area contributed by atoms with E-state index in [9.17, 15) is 14.7 Å². The molecule has 1 aromatic rings. The molecule has 0 fully saturated rings. The van der Waals surface area contributed by atoms with E-state index in [0.717, 1.165) is 12.8 Å². The van der Waals surface area contributed by atoms with Crippen LogP contribution in [0.2, 0.25) is 0 Å². The molecule has 0 bridgehead atoms. The highest BCUT2D eigenvalue weighted by Crippen LogP contribution is 2.21. The molecule has 2 unspecified atom stereocenters. The van der Waals surface area contributed by atoms with E-state index in [2.05, 4.69) is 0 Å². The third-order valence-electron chi connectivity index (χ3n) is 3.21. The Hall–Kier alpha value is -1.84. The molecule has 0 saturated heterocycles. The monoisotopic (exact) mass is 278 g/mol. The van der Waals surface area contributed by atoms with E-state index in [1.54, 1.807) is 24.3 Å². The van der Waals surface area contributed by atoms with E-state index in [4.69, 9.17) is 4.74 Å². The molecule has 0 aliphatic carbocycles. The Bertz CT molecular complexity index is 427. The second-order valence-electron chi connectivity index (χ2n) is 4.83. The van der Waals surface area contributed by atoms with Gasteiger partial charge in [-0.25, -0.2) is 4.79 Å². The Kier molecular flexibility index (Phi) is 6.77. The van der Waals surface area contributed by atoms with Crippen molar-refractivity contribution in [1.82, 2.24) is 0 Å². The number of carboxylic acids is 1. The van der Waals surface area contributed by atoms with Gasteiger partial charge in [0.05, 0.1) is 11.5 Å². The zero-order valence-corrected chi connectivity index (χ0v) is 12.0. The Morgan fingerprint density at radius 2 is 1.70 bits per heavy atom. The first-order chi connectivity index (χ1) is 9.60. The Morgan fingerprint density at radius 1 is 1.10 bits per heavy atom. The number of hydrogen-bond donors (Lipinski definition) is 1. The molecular formula is C16H22O4. The van der Waals surface area contributed by atoms with Gasteiger partial charge in [-0.05, 0) is 25.0 Å². The number of benzene rings is 1. The van der Waals surface area contributed by atoms with Gasteiger partial charge in [-0.2, -0.15) is 0 Å². The minimum atomic E-state index is -0.897. The maximum atomic E-state index is 12.0. The molecule has 110 valence electrons. The summed E-state index contributed by atoms with van der Waals surface area (Å²) in [6.45, 7) is 3.88. The van der Waals surface area contributed by atoms with Crippen LogP contribution in [0, 0.1) is 5.92 Å². The van der Waals surface area contributed by atoms with Crippen molar-refractivity contribution in [2.24, 2.45) is 5.92 Å². The van der Waals surface area contributed by atoms with Crippen LogP contribution in [0.1, 0.15) is 49.9 Å². The summed E-state index contributed by atoms with van der Waals surface area (Å²) in [5, 5.41) is 9.29. The smallest absolute Gasteiger partial charge is 0.338 e. The van der Waals surface area contributed by atoms with Crippen molar-refractivity contribution in [3.8, 4) is 0 Å². The highest BCUT2D eigenvalue weighted by Gasteiger charge is 2.30. The molecular weight excluding hydrogens is 256 g/mol. The van der Waals surface area contributed by atoms with Crippen LogP contribution in [0.4, 0.5) is 0 Å². The molecule has 0 heterocycles. The van der Waals surface area contributed by atoms with Crippen molar-refractivity contribution in [2.45, 2.75) is 45.6 Å². The van der Waals surface area contributed by atoms with E-state index in [-0.39, 0.29) is 0 Å². The summed E-state index contributed by atoms with van der Waals surface area (Å²) in [4.78, 5) is 23.4. The Balaban J connectivity index is 2.80. The lowest BCUT2D eigenvalue weighted by Crippen LogP contribution is -2.32. The van der Waals surface area contributed by atoms with Crippen LogP contribution in [0.5, 0.6) is 0 Å². The number of ether oxygens (including phenoxy) is 1. The Labute approximate surface area is 119 Å². The molecule has 1 rings (SSSR count). The lowest BCUT2D eigenvalue weighted by atomic mass is 9.94.